The molecule has 1 heterocycles. The second-order valence-corrected chi connectivity index (χ2v) is 7.13. The van der Waals surface area contributed by atoms with Crippen LogP contribution in [0.25, 0.3) is 0 Å². The van der Waals surface area contributed by atoms with Gasteiger partial charge in [0, 0.05) is 36.9 Å². The summed E-state index contributed by atoms with van der Waals surface area (Å²) in [6.07, 6.45) is -2.69. The van der Waals surface area contributed by atoms with Crippen molar-refractivity contribution in [2.75, 3.05) is 24.7 Å². The van der Waals surface area contributed by atoms with Crippen LogP contribution < -0.4 is 4.90 Å². The summed E-state index contributed by atoms with van der Waals surface area (Å²) in [5.74, 6) is 0.0744. The van der Waals surface area contributed by atoms with Crippen molar-refractivity contribution in [3.8, 4) is 0 Å². The molecule has 1 aliphatic heterocycles. The molecule has 29 heavy (non-hydrogen) atoms. The topological polar surface area (TPSA) is 55.6 Å². The molecular weight excluding hydrogens is 385 g/mol. The Bertz CT molecular complexity index is 823. The van der Waals surface area contributed by atoms with Crippen LogP contribution in [0.1, 0.15) is 36.8 Å². The molecule has 0 amide bonds. The van der Waals surface area contributed by atoms with Gasteiger partial charge in [0.1, 0.15) is 0 Å². The second kappa shape index (κ2) is 8.82. The van der Waals surface area contributed by atoms with Gasteiger partial charge < -0.3 is 9.64 Å². The Balaban J connectivity index is 1.81. The standard InChI is InChI=1S/C21H23F3N2O3/c1-2-29-14-20-8-5-16(15-3-6-17(7-4-15)21(22,23)24)13-25(20)18-9-11-19(12-10-18)26(27)28/h3-4,6-7,9-12,16,20H,2,5,8,13-14H2,1H3/t16?,20-/m0/s1. The Morgan fingerprint density at radius 3 is 2.31 bits per heavy atom. The highest BCUT2D eigenvalue weighted by Gasteiger charge is 2.32. The molecule has 2 atom stereocenters. The Morgan fingerprint density at radius 2 is 1.76 bits per heavy atom. The molecule has 0 aromatic heterocycles. The lowest BCUT2D eigenvalue weighted by molar-refractivity contribution is -0.384. The van der Waals surface area contributed by atoms with Crippen molar-refractivity contribution in [3.05, 3.63) is 69.8 Å². The van der Waals surface area contributed by atoms with Crippen LogP contribution in [0.4, 0.5) is 24.5 Å². The maximum Gasteiger partial charge on any atom is 0.416 e. The van der Waals surface area contributed by atoms with E-state index in [1.165, 1.54) is 12.1 Å². The van der Waals surface area contributed by atoms with Crippen molar-refractivity contribution in [1.29, 1.82) is 0 Å². The molecule has 2 aromatic rings. The molecule has 156 valence electrons. The zero-order chi connectivity index (χ0) is 21.0. The third kappa shape index (κ3) is 5.06. The molecule has 0 bridgehead atoms. The van der Waals surface area contributed by atoms with Crippen molar-refractivity contribution in [1.82, 2.24) is 0 Å². The SMILES string of the molecule is CCOC[C@@H]1CCC(c2ccc(C(F)(F)F)cc2)CN1c1ccc([N+](=O)[O-])cc1. The van der Waals surface area contributed by atoms with E-state index in [-0.39, 0.29) is 17.6 Å². The molecule has 0 spiro atoms. The Morgan fingerprint density at radius 1 is 1.10 bits per heavy atom. The number of ether oxygens (including phenoxy) is 1. The third-order valence-corrected chi connectivity index (χ3v) is 5.32. The van der Waals surface area contributed by atoms with E-state index in [1.54, 1.807) is 24.3 Å². The molecule has 1 saturated heterocycles. The maximum absolute atomic E-state index is 12.8. The van der Waals surface area contributed by atoms with E-state index in [2.05, 4.69) is 4.90 Å². The van der Waals surface area contributed by atoms with Crippen LogP contribution in [0.3, 0.4) is 0 Å². The average Bonchev–Trinajstić information content (AvgIpc) is 2.71. The minimum Gasteiger partial charge on any atom is -0.380 e. The summed E-state index contributed by atoms with van der Waals surface area (Å²) in [6.45, 7) is 3.66. The first-order valence-electron chi connectivity index (χ1n) is 9.55. The highest BCUT2D eigenvalue weighted by Crippen LogP contribution is 2.36. The third-order valence-electron chi connectivity index (χ3n) is 5.32. The molecule has 3 rings (SSSR count). The highest BCUT2D eigenvalue weighted by molar-refractivity contribution is 5.52. The van der Waals surface area contributed by atoms with Gasteiger partial charge in [0.2, 0.25) is 0 Å². The van der Waals surface area contributed by atoms with Crippen LogP contribution in [0, 0.1) is 10.1 Å². The summed E-state index contributed by atoms with van der Waals surface area (Å²) < 4.78 is 44.1. The monoisotopic (exact) mass is 408 g/mol. The van der Waals surface area contributed by atoms with Gasteiger partial charge in [0.25, 0.3) is 5.69 Å². The van der Waals surface area contributed by atoms with Crippen LogP contribution in [0.15, 0.2) is 48.5 Å². The first-order valence-corrected chi connectivity index (χ1v) is 9.55. The summed E-state index contributed by atoms with van der Waals surface area (Å²) in [4.78, 5) is 12.6. The van der Waals surface area contributed by atoms with E-state index in [0.29, 0.717) is 19.8 Å². The largest absolute Gasteiger partial charge is 0.416 e. The zero-order valence-corrected chi connectivity index (χ0v) is 16.1. The van der Waals surface area contributed by atoms with Gasteiger partial charge in [-0.2, -0.15) is 13.2 Å². The van der Waals surface area contributed by atoms with E-state index >= 15 is 0 Å². The number of alkyl halides is 3. The van der Waals surface area contributed by atoms with E-state index < -0.39 is 16.7 Å². The molecule has 0 N–H and O–H groups in total. The first-order chi connectivity index (χ1) is 13.8. The molecule has 8 heteroatoms. The zero-order valence-electron chi connectivity index (χ0n) is 16.1. The smallest absolute Gasteiger partial charge is 0.380 e. The summed E-state index contributed by atoms with van der Waals surface area (Å²) in [5, 5.41) is 10.9. The van der Waals surface area contributed by atoms with Crippen molar-refractivity contribution in [2.45, 2.75) is 37.9 Å². The fraction of sp³-hybridized carbons (Fsp3) is 0.429. The van der Waals surface area contributed by atoms with Gasteiger partial charge in [-0.15, -0.1) is 0 Å². The van der Waals surface area contributed by atoms with Gasteiger partial charge in [-0.3, -0.25) is 10.1 Å². The highest BCUT2D eigenvalue weighted by atomic mass is 19.4. The summed E-state index contributed by atoms with van der Waals surface area (Å²) in [6, 6.07) is 11.8. The lowest BCUT2D eigenvalue weighted by Crippen LogP contribution is -2.45. The van der Waals surface area contributed by atoms with Crippen LogP contribution in [0.5, 0.6) is 0 Å². The predicted molar refractivity (Wildman–Crippen MR) is 104 cm³/mol. The van der Waals surface area contributed by atoms with Crippen LogP contribution in [-0.4, -0.2) is 30.7 Å². The van der Waals surface area contributed by atoms with E-state index in [9.17, 15) is 23.3 Å². The number of halogens is 3. The number of anilines is 1. The summed E-state index contributed by atoms with van der Waals surface area (Å²) in [7, 11) is 0. The van der Waals surface area contributed by atoms with Crippen molar-refractivity contribution in [2.24, 2.45) is 0 Å². The predicted octanol–water partition coefficient (Wildman–Crippen LogP) is 5.40. The van der Waals surface area contributed by atoms with E-state index in [0.717, 1.165) is 36.2 Å². The Labute approximate surface area is 167 Å². The molecule has 1 fully saturated rings. The average molecular weight is 408 g/mol. The summed E-state index contributed by atoms with van der Waals surface area (Å²) >= 11 is 0. The van der Waals surface area contributed by atoms with Crippen LogP contribution in [0.2, 0.25) is 0 Å². The van der Waals surface area contributed by atoms with Crippen molar-refractivity contribution < 1.29 is 22.8 Å². The van der Waals surface area contributed by atoms with E-state index in [4.69, 9.17) is 4.74 Å². The number of benzene rings is 2. The number of non-ortho nitro benzene ring substituents is 1. The van der Waals surface area contributed by atoms with Crippen molar-refractivity contribution in [3.63, 3.8) is 0 Å². The minimum atomic E-state index is -4.35. The molecule has 0 saturated carbocycles. The fourth-order valence-corrected chi connectivity index (χ4v) is 3.75. The molecule has 0 aliphatic carbocycles. The first kappa shape index (κ1) is 21.1. The van der Waals surface area contributed by atoms with Crippen LogP contribution >= 0.6 is 0 Å². The fourth-order valence-electron chi connectivity index (χ4n) is 3.75. The number of nitro groups is 1. The lowest BCUT2D eigenvalue weighted by Gasteiger charge is -2.41. The molecule has 1 unspecified atom stereocenters. The molecule has 0 radical (unpaired) electrons. The molecule has 1 aliphatic rings. The second-order valence-electron chi connectivity index (χ2n) is 7.13. The van der Waals surface area contributed by atoms with Gasteiger partial charge in [0.05, 0.1) is 23.1 Å². The van der Waals surface area contributed by atoms with Gasteiger partial charge in [-0.1, -0.05) is 12.1 Å². The normalized spacial score (nSPS) is 19.9. The van der Waals surface area contributed by atoms with Crippen molar-refractivity contribution >= 4 is 11.4 Å². The molecular formula is C21H23F3N2O3. The number of rotatable bonds is 6. The molecule has 2 aromatic carbocycles. The Kier molecular flexibility index (Phi) is 6.42. The number of nitro benzene ring substituents is 1. The summed E-state index contributed by atoms with van der Waals surface area (Å²) in [5.41, 5.74) is 1.07. The number of nitrogens with zero attached hydrogens (tertiary/aromatic N) is 2. The minimum absolute atomic E-state index is 0.0198. The quantitative estimate of drug-likeness (QED) is 0.474. The van der Waals surface area contributed by atoms with Gasteiger partial charge in [-0.05, 0) is 49.6 Å². The van der Waals surface area contributed by atoms with Gasteiger partial charge >= 0.3 is 6.18 Å². The number of piperidine rings is 1. The van der Waals surface area contributed by atoms with Gasteiger partial charge in [0.15, 0.2) is 0 Å². The lowest BCUT2D eigenvalue weighted by atomic mass is 9.86. The maximum atomic E-state index is 12.8. The van der Waals surface area contributed by atoms with Gasteiger partial charge in [-0.25, -0.2) is 0 Å². The van der Waals surface area contributed by atoms with Crippen LogP contribution in [-0.2, 0) is 10.9 Å². The number of hydrogen-bond donors (Lipinski definition) is 0. The molecule has 5 nitrogen and oxygen atoms in total. The van der Waals surface area contributed by atoms with E-state index in [1.807, 2.05) is 6.92 Å². The Hall–Kier alpha value is -2.61. The number of hydrogen-bond acceptors (Lipinski definition) is 4.